The molecule has 1 aliphatic heterocycles. The van der Waals surface area contributed by atoms with Gasteiger partial charge < -0.3 is 9.72 Å². The van der Waals surface area contributed by atoms with Crippen LogP contribution in [0.1, 0.15) is 4.88 Å². The molecule has 31 heavy (non-hydrogen) atoms. The normalized spacial score (nSPS) is 15.1. The summed E-state index contributed by atoms with van der Waals surface area (Å²) in [5.41, 5.74) is 0.367. The SMILES string of the molecule is O=c1[nH]cc(Cl)c2c1c(-c1csc(CN3CCOCC3)c1)nn2-c1c(F)cccc1F. The number of para-hydroxylation sites is 1. The van der Waals surface area contributed by atoms with Gasteiger partial charge in [0.25, 0.3) is 5.56 Å². The average Bonchev–Trinajstić information content (AvgIpc) is 3.37. The third kappa shape index (κ3) is 3.67. The fraction of sp³-hybridized carbons (Fsp3) is 0.238. The van der Waals surface area contributed by atoms with Crippen LogP contribution >= 0.6 is 22.9 Å². The number of hydrogen-bond donors (Lipinski definition) is 1. The number of hydrogen-bond acceptors (Lipinski definition) is 5. The zero-order valence-electron chi connectivity index (χ0n) is 16.2. The molecule has 4 heterocycles. The molecule has 1 saturated heterocycles. The van der Waals surface area contributed by atoms with Gasteiger partial charge in [-0.1, -0.05) is 17.7 Å². The fourth-order valence-electron chi connectivity index (χ4n) is 3.75. The molecule has 0 amide bonds. The van der Waals surface area contributed by atoms with Crippen LogP contribution in [0.2, 0.25) is 5.02 Å². The van der Waals surface area contributed by atoms with E-state index in [0.717, 1.165) is 41.3 Å². The van der Waals surface area contributed by atoms with Crippen molar-refractivity contribution in [3.63, 3.8) is 0 Å². The second-order valence-electron chi connectivity index (χ2n) is 7.21. The molecule has 1 aromatic carbocycles. The first-order chi connectivity index (χ1) is 15.0. The molecular formula is C21H17ClF2N4O2S. The van der Waals surface area contributed by atoms with Crippen LogP contribution in [0.15, 0.2) is 40.6 Å². The molecule has 6 nitrogen and oxygen atoms in total. The highest BCUT2D eigenvalue weighted by Crippen LogP contribution is 2.34. The Kier molecular flexibility index (Phi) is 5.35. The number of ether oxygens (including phenoxy) is 1. The lowest BCUT2D eigenvalue weighted by Gasteiger charge is -2.25. The third-order valence-electron chi connectivity index (χ3n) is 5.23. The Hall–Kier alpha value is -2.59. The lowest BCUT2D eigenvalue weighted by Crippen LogP contribution is -2.35. The van der Waals surface area contributed by atoms with Crippen molar-refractivity contribution in [3.05, 3.63) is 67.7 Å². The lowest BCUT2D eigenvalue weighted by atomic mass is 10.1. The summed E-state index contributed by atoms with van der Waals surface area (Å²) in [6.45, 7) is 3.87. The van der Waals surface area contributed by atoms with Crippen molar-refractivity contribution in [1.82, 2.24) is 19.7 Å². The van der Waals surface area contributed by atoms with E-state index in [-0.39, 0.29) is 21.6 Å². The first kappa shape index (κ1) is 20.3. The number of aromatic amines is 1. The van der Waals surface area contributed by atoms with Crippen molar-refractivity contribution < 1.29 is 13.5 Å². The van der Waals surface area contributed by atoms with Gasteiger partial charge in [0.2, 0.25) is 0 Å². The molecule has 0 bridgehead atoms. The Morgan fingerprint density at radius 3 is 2.71 bits per heavy atom. The van der Waals surface area contributed by atoms with Crippen LogP contribution in [0, 0.1) is 11.6 Å². The van der Waals surface area contributed by atoms with E-state index < -0.39 is 17.2 Å². The van der Waals surface area contributed by atoms with Crippen LogP contribution < -0.4 is 5.56 Å². The Morgan fingerprint density at radius 1 is 1.23 bits per heavy atom. The Balaban J connectivity index is 1.65. The number of rotatable bonds is 4. The summed E-state index contributed by atoms with van der Waals surface area (Å²) in [7, 11) is 0. The van der Waals surface area contributed by atoms with Gasteiger partial charge in [-0.15, -0.1) is 11.3 Å². The third-order valence-corrected chi connectivity index (χ3v) is 6.44. The number of nitrogens with one attached hydrogen (secondary N) is 1. The van der Waals surface area contributed by atoms with Crippen molar-refractivity contribution in [2.75, 3.05) is 26.3 Å². The summed E-state index contributed by atoms with van der Waals surface area (Å²) in [5.74, 6) is -1.60. The molecule has 3 aromatic heterocycles. The zero-order chi connectivity index (χ0) is 21.5. The van der Waals surface area contributed by atoms with E-state index >= 15 is 0 Å². The second kappa shape index (κ2) is 8.16. The van der Waals surface area contributed by atoms with Crippen molar-refractivity contribution in [2.45, 2.75) is 6.54 Å². The van der Waals surface area contributed by atoms with E-state index in [2.05, 4.69) is 15.0 Å². The van der Waals surface area contributed by atoms with Gasteiger partial charge in [0.05, 0.1) is 23.6 Å². The predicted molar refractivity (Wildman–Crippen MR) is 116 cm³/mol. The van der Waals surface area contributed by atoms with Gasteiger partial charge in [0, 0.05) is 41.7 Å². The molecule has 0 aliphatic carbocycles. The molecule has 0 spiro atoms. The molecule has 1 N–H and O–H groups in total. The van der Waals surface area contributed by atoms with Crippen LogP contribution in [0.4, 0.5) is 8.78 Å². The number of pyridine rings is 1. The Labute approximate surface area is 184 Å². The van der Waals surface area contributed by atoms with Gasteiger partial charge in [-0.25, -0.2) is 13.5 Å². The smallest absolute Gasteiger partial charge is 0.259 e. The van der Waals surface area contributed by atoms with E-state index in [1.165, 1.54) is 12.3 Å². The maximum Gasteiger partial charge on any atom is 0.259 e. The molecule has 0 saturated carbocycles. The van der Waals surface area contributed by atoms with E-state index in [1.807, 2.05) is 11.4 Å². The molecule has 10 heteroatoms. The van der Waals surface area contributed by atoms with Crippen molar-refractivity contribution in [3.8, 4) is 16.9 Å². The average molecular weight is 463 g/mol. The summed E-state index contributed by atoms with van der Waals surface area (Å²) in [6.07, 6.45) is 1.30. The number of morpholine rings is 1. The predicted octanol–water partition coefficient (Wildman–Crippen LogP) is 4.21. The Bertz CT molecular complexity index is 1310. The van der Waals surface area contributed by atoms with Crippen LogP contribution in [-0.4, -0.2) is 46.0 Å². The number of aromatic nitrogens is 3. The number of H-pyrrole nitrogens is 1. The highest BCUT2D eigenvalue weighted by atomic mass is 35.5. The highest BCUT2D eigenvalue weighted by molar-refractivity contribution is 7.10. The molecule has 0 atom stereocenters. The minimum atomic E-state index is -0.800. The number of benzene rings is 1. The summed E-state index contributed by atoms with van der Waals surface area (Å²) in [6, 6.07) is 5.49. The number of thiophene rings is 1. The topological polar surface area (TPSA) is 63.1 Å². The summed E-state index contributed by atoms with van der Waals surface area (Å²) < 4.78 is 35.5. The van der Waals surface area contributed by atoms with Crippen LogP contribution in [0.25, 0.3) is 27.8 Å². The largest absolute Gasteiger partial charge is 0.379 e. The molecule has 1 fully saturated rings. The van der Waals surface area contributed by atoms with Gasteiger partial charge in [-0.3, -0.25) is 9.69 Å². The van der Waals surface area contributed by atoms with E-state index in [1.54, 1.807) is 11.3 Å². The second-order valence-corrected chi connectivity index (χ2v) is 8.61. The van der Waals surface area contributed by atoms with Gasteiger partial charge in [0.1, 0.15) is 16.9 Å². The van der Waals surface area contributed by atoms with Gasteiger partial charge in [0.15, 0.2) is 11.6 Å². The minimum Gasteiger partial charge on any atom is -0.379 e. The maximum absolute atomic E-state index is 14.5. The van der Waals surface area contributed by atoms with Crippen LogP contribution in [-0.2, 0) is 11.3 Å². The van der Waals surface area contributed by atoms with Crippen molar-refractivity contribution in [1.29, 1.82) is 0 Å². The molecule has 0 unspecified atom stereocenters. The molecular weight excluding hydrogens is 446 g/mol. The number of halogens is 3. The van der Waals surface area contributed by atoms with Crippen molar-refractivity contribution >= 4 is 33.8 Å². The summed E-state index contributed by atoms with van der Waals surface area (Å²) in [5, 5.41) is 6.65. The monoisotopic (exact) mass is 462 g/mol. The zero-order valence-corrected chi connectivity index (χ0v) is 17.8. The van der Waals surface area contributed by atoms with E-state index in [4.69, 9.17) is 16.3 Å². The fourth-order valence-corrected chi connectivity index (χ4v) is 4.89. The summed E-state index contributed by atoms with van der Waals surface area (Å²) in [4.78, 5) is 18.6. The van der Waals surface area contributed by atoms with E-state index in [9.17, 15) is 13.6 Å². The van der Waals surface area contributed by atoms with E-state index in [0.29, 0.717) is 24.5 Å². The standard InChI is InChI=1S/C21H17ClF2N4O2S/c22-14-9-25-21(29)17-18(12-8-13(31-11-12)10-27-4-6-30-7-5-27)26-28(19(14)17)20-15(23)2-1-3-16(20)24/h1-3,8-9,11H,4-7,10H2,(H,25,29). The van der Waals surface area contributed by atoms with Crippen LogP contribution in [0.5, 0.6) is 0 Å². The van der Waals surface area contributed by atoms with Gasteiger partial charge >= 0.3 is 0 Å². The molecule has 4 aromatic rings. The van der Waals surface area contributed by atoms with Gasteiger partial charge in [-0.2, -0.15) is 5.10 Å². The van der Waals surface area contributed by atoms with Gasteiger partial charge in [-0.05, 0) is 18.2 Å². The number of fused-ring (bicyclic) bond motifs is 1. The minimum absolute atomic E-state index is 0.139. The quantitative estimate of drug-likeness (QED) is 0.493. The maximum atomic E-state index is 14.5. The summed E-state index contributed by atoms with van der Waals surface area (Å²) >= 11 is 7.87. The molecule has 0 radical (unpaired) electrons. The Morgan fingerprint density at radius 2 is 1.97 bits per heavy atom. The van der Waals surface area contributed by atoms with Crippen LogP contribution in [0.3, 0.4) is 0 Å². The number of nitrogens with zero attached hydrogens (tertiary/aromatic N) is 3. The molecule has 1 aliphatic rings. The van der Waals surface area contributed by atoms with Crippen molar-refractivity contribution in [2.24, 2.45) is 0 Å². The first-order valence-corrected chi connectivity index (χ1v) is 10.9. The lowest BCUT2D eigenvalue weighted by molar-refractivity contribution is 0.0346. The highest BCUT2D eigenvalue weighted by Gasteiger charge is 2.23. The molecule has 160 valence electrons. The first-order valence-electron chi connectivity index (χ1n) is 9.65. The molecule has 5 rings (SSSR count).